The maximum Gasteiger partial charge on any atom is 0.339 e. The Morgan fingerprint density at radius 2 is 1.76 bits per heavy atom. The molecule has 0 radical (unpaired) electrons. The molecule has 2 aromatic carbocycles. The van der Waals surface area contributed by atoms with Crippen molar-refractivity contribution in [3.05, 3.63) is 69.8 Å². The molecule has 0 bridgehead atoms. The van der Waals surface area contributed by atoms with Crippen molar-refractivity contribution < 1.29 is 9.90 Å². The number of rotatable bonds is 5. The molecule has 0 aliphatic carbocycles. The summed E-state index contributed by atoms with van der Waals surface area (Å²) in [7, 11) is 0. The lowest BCUT2D eigenvalue weighted by Gasteiger charge is -2.07. The van der Waals surface area contributed by atoms with Gasteiger partial charge >= 0.3 is 5.97 Å². The first-order valence-corrected chi connectivity index (χ1v) is 8.98. The van der Waals surface area contributed by atoms with Gasteiger partial charge in [0.25, 0.3) is 0 Å². The van der Waals surface area contributed by atoms with E-state index in [1.807, 2.05) is 62.4 Å². The van der Waals surface area contributed by atoms with Crippen LogP contribution >= 0.6 is 15.9 Å². The van der Waals surface area contributed by atoms with Gasteiger partial charge in [0.15, 0.2) is 0 Å². The third-order valence-electron chi connectivity index (χ3n) is 4.08. The molecule has 128 valence electrons. The highest BCUT2D eigenvalue weighted by Gasteiger charge is 2.24. The minimum atomic E-state index is -0.945. The molecule has 1 heterocycles. The van der Waals surface area contributed by atoms with Gasteiger partial charge in [0, 0.05) is 10.0 Å². The van der Waals surface area contributed by atoms with Gasteiger partial charge in [0.1, 0.15) is 11.3 Å². The Kier molecular flexibility index (Phi) is 5.04. The molecular formula is C20H19BrN2O2. The predicted octanol–water partition coefficient (Wildman–Crippen LogP) is 5.26. The Morgan fingerprint density at radius 3 is 2.32 bits per heavy atom. The average Bonchev–Trinajstić information content (AvgIpc) is 2.96. The van der Waals surface area contributed by atoms with Crippen LogP contribution in [0.15, 0.2) is 53.0 Å². The average molecular weight is 399 g/mol. The Bertz CT molecular complexity index is 897. The van der Waals surface area contributed by atoms with Crippen molar-refractivity contribution in [2.45, 2.75) is 26.7 Å². The number of carboxylic acid groups (broad SMARTS) is 1. The molecule has 0 saturated carbocycles. The second-order valence-electron chi connectivity index (χ2n) is 5.98. The highest BCUT2D eigenvalue weighted by molar-refractivity contribution is 9.10. The van der Waals surface area contributed by atoms with Gasteiger partial charge in [0.2, 0.25) is 0 Å². The first kappa shape index (κ1) is 17.4. The van der Waals surface area contributed by atoms with Gasteiger partial charge in [-0.3, -0.25) is 0 Å². The molecule has 0 saturated heterocycles. The van der Waals surface area contributed by atoms with Gasteiger partial charge < -0.3 is 5.11 Å². The molecular weight excluding hydrogens is 380 g/mol. The van der Waals surface area contributed by atoms with Crippen LogP contribution in [0.25, 0.3) is 16.9 Å². The molecule has 5 heteroatoms. The van der Waals surface area contributed by atoms with Gasteiger partial charge in [-0.15, -0.1) is 0 Å². The van der Waals surface area contributed by atoms with E-state index >= 15 is 0 Å². The standard InChI is InChI=1S/C20H19BrN2O2/c1-3-4-17-18(20(24)25)19(14-7-9-15(21)10-8-14)22-23(17)16-11-5-13(2)6-12-16/h5-12H,3-4H2,1-2H3,(H,24,25). The molecule has 0 aliphatic rings. The van der Waals surface area contributed by atoms with Crippen molar-refractivity contribution >= 4 is 21.9 Å². The number of nitrogens with zero attached hydrogens (tertiary/aromatic N) is 2. The number of benzene rings is 2. The van der Waals surface area contributed by atoms with Crippen LogP contribution in [0.3, 0.4) is 0 Å². The van der Waals surface area contributed by atoms with E-state index in [-0.39, 0.29) is 5.56 Å². The minimum absolute atomic E-state index is 0.282. The zero-order chi connectivity index (χ0) is 18.0. The summed E-state index contributed by atoms with van der Waals surface area (Å²) in [4.78, 5) is 12.0. The van der Waals surface area contributed by atoms with Crippen LogP contribution in [0.4, 0.5) is 0 Å². The van der Waals surface area contributed by atoms with Crippen LogP contribution in [0, 0.1) is 6.92 Å². The number of carbonyl (C=O) groups is 1. The highest BCUT2D eigenvalue weighted by atomic mass is 79.9. The second-order valence-corrected chi connectivity index (χ2v) is 6.90. The van der Waals surface area contributed by atoms with E-state index in [2.05, 4.69) is 21.0 Å². The van der Waals surface area contributed by atoms with Crippen LogP contribution in [0.2, 0.25) is 0 Å². The van der Waals surface area contributed by atoms with Crippen molar-refractivity contribution in [3.8, 4) is 16.9 Å². The molecule has 0 atom stereocenters. The van der Waals surface area contributed by atoms with Crippen LogP contribution < -0.4 is 0 Å². The zero-order valence-electron chi connectivity index (χ0n) is 14.2. The molecule has 4 nitrogen and oxygen atoms in total. The van der Waals surface area contributed by atoms with Gasteiger partial charge in [-0.2, -0.15) is 5.10 Å². The Labute approximate surface area is 155 Å². The fourth-order valence-corrected chi connectivity index (χ4v) is 3.12. The topological polar surface area (TPSA) is 55.1 Å². The number of halogens is 1. The summed E-state index contributed by atoms with van der Waals surface area (Å²) < 4.78 is 2.71. The summed E-state index contributed by atoms with van der Waals surface area (Å²) in [5.41, 5.74) is 4.34. The monoisotopic (exact) mass is 398 g/mol. The van der Waals surface area contributed by atoms with Crippen LogP contribution in [-0.4, -0.2) is 20.9 Å². The Balaban J connectivity index is 2.24. The molecule has 25 heavy (non-hydrogen) atoms. The molecule has 1 aromatic heterocycles. The van der Waals surface area contributed by atoms with Crippen LogP contribution in [0.1, 0.15) is 35.0 Å². The summed E-state index contributed by atoms with van der Waals surface area (Å²) in [6, 6.07) is 15.5. The van der Waals surface area contributed by atoms with Crippen molar-refractivity contribution in [2.24, 2.45) is 0 Å². The predicted molar refractivity (Wildman–Crippen MR) is 102 cm³/mol. The maximum atomic E-state index is 12.0. The van der Waals surface area contributed by atoms with Gasteiger partial charge in [-0.05, 0) is 37.6 Å². The number of hydrogen-bond donors (Lipinski definition) is 1. The molecule has 0 fully saturated rings. The summed E-state index contributed by atoms with van der Waals surface area (Å²) >= 11 is 3.41. The van der Waals surface area contributed by atoms with Gasteiger partial charge in [-0.1, -0.05) is 59.1 Å². The Hall–Kier alpha value is -2.40. The number of aromatic carboxylic acids is 1. The summed E-state index contributed by atoms with van der Waals surface area (Å²) in [5, 5.41) is 14.5. The number of aromatic nitrogens is 2. The van der Waals surface area contributed by atoms with Crippen LogP contribution in [-0.2, 0) is 6.42 Å². The van der Waals surface area contributed by atoms with Gasteiger partial charge in [-0.25, -0.2) is 9.48 Å². The normalized spacial score (nSPS) is 10.8. The fourth-order valence-electron chi connectivity index (χ4n) is 2.85. The van der Waals surface area contributed by atoms with Crippen molar-refractivity contribution in [2.75, 3.05) is 0 Å². The summed E-state index contributed by atoms with van der Waals surface area (Å²) in [5.74, 6) is -0.945. The second kappa shape index (κ2) is 7.23. The van der Waals surface area contributed by atoms with Gasteiger partial charge in [0.05, 0.1) is 11.4 Å². The highest BCUT2D eigenvalue weighted by Crippen LogP contribution is 2.29. The molecule has 3 rings (SSSR count). The van der Waals surface area contributed by atoms with E-state index < -0.39 is 5.97 Å². The fraction of sp³-hybridized carbons (Fsp3) is 0.200. The lowest BCUT2D eigenvalue weighted by Crippen LogP contribution is -2.06. The SMILES string of the molecule is CCCc1c(C(=O)O)c(-c2ccc(Br)cc2)nn1-c1ccc(C)cc1. The smallest absolute Gasteiger partial charge is 0.339 e. The molecule has 0 amide bonds. The zero-order valence-corrected chi connectivity index (χ0v) is 15.7. The van der Waals surface area contributed by atoms with E-state index in [0.717, 1.165) is 33.4 Å². The quantitative estimate of drug-likeness (QED) is 0.637. The van der Waals surface area contributed by atoms with Crippen molar-refractivity contribution in [1.82, 2.24) is 9.78 Å². The summed E-state index contributed by atoms with van der Waals surface area (Å²) in [6.07, 6.45) is 1.50. The lowest BCUT2D eigenvalue weighted by atomic mass is 10.0. The minimum Gasteiger partial charge on any atom is -0.478 e. The molecule has 0 aliphatic heterocycles. The molecule has 1 N–H and O–H groups in total. The first-order chi connectivity index (χ1) is 12.0. The first-order valence-electron chi connectivity index (χ1n) is 8.19. The van der Waals surface area contributed by atoms with E-state index in [1.165, 1.54) is 0 Å². The van der Waals surface area contributed by atoms with E-state index in [0.29, 0.717) is 12.1 Å². The van der Waals surface area contributed by atoms with Crippen molar-refractivity contribution in [1.29, 1.82) is 0 Å². The molecule has 3 aromatic rings. The number of aryl methyl sites for hydroxylation is 1. The van der Waals surface area contributed by atoms with Crippen LogP contribution in [0.5, 0.6) is 0 Å². The summed E-state index contributed by atoms with van der Waals surface area (Å²) in [6.45, 7) is 4.06. The molecule has 0 unspecified atom stereocenters. The largest absolute Gasteiger partial charge is 0.478 e. The lowest BCUT2D eigenvalue weighted by molar-refractivity contribution is 0.0696. The maximum absolute atomic E-state index is 12.0. The third kappa shape index (κ3) is 3.51. The Morgan fingerprint density at radius 1 is 1.12 bits per heavy atom. The van der Waals surface area contributed by atoms with E-state index in [9.17, 15) is 9.90 Å². The van der Waals surface area contributed by atoms with E-state index in [4.69, 9.17) is 0 Å². The number of carboxylic acids is 1. The third-order valence-corrected chi connectivity index (χ3v) is 4.61. The van der Waals surface area contributed by atoms with Crippen molar-refractivity contribution in [3.63, 3.8) is 0 Å². The molecule has 0 spiro atoms. The van der Waals surface area contributed by atoms with E-state index in [1.54, 1.807) is 4.68 Å². The number of hydrogen-bond acceptors (Lipinski definition) is 2.